The van der Waals surface area contributed by atoms with Gasteiger partial charge in [-0.25, -0.2) is 4.98 Å². The summed E-state index contributed by atoms with van der Waals surface area (Å²) in [5, 5.41) is 17.2. The molecule has 1 unspecified atom stereocenters. The number of hydrogen-bond acceptors (Lipinski definition) is 4. The number of aryl methyl sites for hydroxylation is 1. The summed E-state index contributed by atoms with van der Waals surface area (Å²) < 4.78 is 0. The molecule has 15 heavy (non-hydrogen) atoms. The first-order chi connectivity index (χ1) is 7.06. The van der Waals surface area contributed by atoms with Crippen LogP contribution in [-0.2, 0) is 0 Å². The lowest BCUT2D eigenvalue weighted by Crippen LogP contribution is -2.16. The molecule has 0 bridgehead atoms. The van der Waals surface area contributed by atoms with E-state index in [-0.39, 0.29) is 17.7 Å². The Labute approximate surface area is 93.4 Å². The number of aliphatic hydroxyl groups is 1. The van der Waals surface area contributed by atoms with Crippen molar-refractivity contribution in [1.82, 2.24) is 4.98 Å². The molecule has 0 aliphatic carbocycles. The van der Waals surface area contributed by atoms with Gasteiger partial charge in [-0.15, -0.1) is 11.8 Å². The third kappa shape index (κ3) is 2.94. The highest BCUT2D eigenvalue weighted by atomic mass is 32.2. The summed E-state index contributed by atoms with van der Waals surface area (Å²) in [5.41, 5.74) is 7.10. The van der Waals surface area contributed by atoms with Crippen molar-refractivity contribution in [2.75, 3.05) is 6.61 Å². The molecule has 0 spiro atoms. The van der Waals surface area contributed by atoms with E-state index in [1.54, 1.807) is 6.20 Å². The fourth-order valence-corrected chi connectivity index (χ4v) is 2.14. The number of pyridine rings is 1. The summed E-state index contributed by atoms with van der Waals surface area (Å²) in [7, 11) is 0. The van der Waals surface area contributed by atoms with Crippen LogP contribution in [0.1, 0.15) is 18.1 Å². The van der Waals surface area contributed by atoms with Crippen molar-refractivity contribution < 1.29 is 5.11 Å². The Kier molecular flexibility index (Phi) is 4.11. The van der Waals surface area contributed by atoms with E-state index in [4.69, 9.17) is 16.2 Å². The lowest BCUT2D eigenvalue weighted by Gasteiger charge is -2.12. The molecule has 0 saturated carbocycles. The van der Waals surface area contributed by atoms with Gasteiger partial charge in [0.25, 0.3) is 0 Å². The molecule has 0 aromatic carbocycles. The number of thioether (sulfide) groups is 1. The van der Waals surface area contributed by atoms with Crippen LogP contribution in [0.25, 0.3) is 0 Å². The van der Waals surface area contributed by atoms with E-state index in [1.807, 2.05) is 19.9 Å². The van der Waals surface area contributed by atoms with E-state index in [9.17, 15) is 0 Å². The van der Waals surface area contributed by atoms with Crippen LogP contribution in [-0.4, -0.2) is 27.8 Å². The molecule has 0 aliphatic heterocycles. The fourth-order valence-electron chi connectivity index (χ4n) is 1.18. The number of nitrogen functional groups attached to an aromatic ring is 1. The fraction of sp³-hybridized carbons (Fsp3) is 0.400. The number of hydrogen-bond donors (Lipinski definition) is 3. The molecule has 0 fully saturated rings. The van der Waals surface area contributed by atoms with Crippen LogP contribution in [0.4, 0.5) is 0 Å². The van der Waals surface area contributed by atoms with E-state index < -0.39 is 0 Å². The Bertz CT molecular complexity index is 368. The van der Waals surface area contributed by atoms with Crippen LogP contribution >= 0.6 is 11.8 Å². The van der Waals surface area contributed by atoms with Crippen LogP contribution in [0.3, 0.4) is 0 Å². The lowest BCUT2D eigenvalue weighted by atomic mass is 10.1. The third-order valence-electron chi connectivity index (χ3n) is 1.96. The second-order valence-electron chi connectivity index (χ2n) is 3.33. The molecule has 0 aliphatic rings. The summed E-state index contributed by atoms with van der Waals surface area (Å²) in [4.78, 5) is 4.18. The quantitative estimate of drug-likeness (QED) is 0.408. The predicted octanol–water partition coefficient (Wildman–Crippen LogP) is 1.15. The van der Waals surface area contributed by atoms with Crippen LogP contribution in [0, 0.1) is 12.3 Å². The minimum Gasteiger partial charge on any atom is -0.395 e. The maximum Gasteiger partial charge on any atom is 0.125 e. The molecular weight excluding hydrogens is 210 g/mol. The normalized spacial score (nSPS) is 12.5. The molecule has 0 radical (unpaired) electrons. The van der Waals surface area contributed by atoms with E-state index in [0.717, 1.165) is 5.56 Å². The van der Waals surface area contributed by atoms with Crippen LogP contribution in [0.15, 0.2) is 17.3 Å². The first-order valence-corrected chi connectivity index (χ1v) is 5.51. The van der Waals surface area contributed by atoms with Crippen molar-refractivity contribution in [2.45, 2.75) is 24.1 Å². The average molecular weight is 225 g/mol. The number of rotatable bonds is 4. The van der Waals surface area contributed by atoms with Gasteiger partial charge in [-0.3, -0.25) is 5.41 Å². The number of nitrogens with two attached hydrogens (primary N) is 1. The molecule has 1 rings (SSSR count). The van der Waals surface area contributed by atoms with Crippen molar-refractivity contribution in [3.63, 3.8) is 0 Å². The van der Waals surface area contributed by atoms with Crippen molar-refractivity contribution in [1.29, 1.82) is 5.41 Å². The summed E-state index contributed by atoms with van der Waals surface area (Å²) in [6.07, 6.45) is 1.69. The molecule has 4 N–H and O–H groups in total. The Balaban J connectivity index is 3.06. The van der Waals surface area contributed by atoms with E-state index >= 15 is 0 Å². The zero-order valence-electron chi connectivity index (χ0n) is 8.82. The van der Waals surface area contributed by atoms with Crippen LogP contribution in [0.2, 0.25) is 0 Å². The van der Waals surface area contributed by atoms with Gasteiger partial charge in [0.15, 0.2) is 0 Å². The highest BCUT2D eigenvalue weighted by molar-refractivity contribution is 7.99. The SMILES string of the molecule is Cc1ccnc(SC(C)CO)c1C(=N)N. The Morgan fingerprint density at radius 1 is 1.73 bits per heavy atom. The van der Waals surface area contributed by atoms with E-state index in [0.29, 0.717) is 10.6 Å². The molecule has 1 heterocycles. The monoisotopic (exact) mass is 225 g/mol. The van der Waals surface area contributed by atoms with Crippen molar-refractivity contribution >= 4 is 17.6 Å². The van der Waals surface area contributed by atoms with E-state index in [1.165, 1.54) is 11.8 Å². The largest absolute Gasteiger partial charge is 0.395 e. The van der Waals surface area contributed by atoms with Gasteiger partial charge in [0.1, 0.15) is 10.9 Å². The zero-order chi connectivity index (χ0) is 11.4. The topological polar surface area (TPSA) is 83.0 Å². The van der Waals surface area contributed by atoms with Gasteiger partial charge in [0.2, 0.25) is 0 Å². The van der Waals surface area contributed by atoms with Gasteiger partial charge >= 0.3 is 0 Å². The van der Waals surface area contributed by atoms with Gasteiger partial charge in [-0.1, -0.05) is 6.92 Å². The molecule has 82 valence electrons. The number of aliphatic hydroxyl groups excluding tert-OH is 1. The number of aromatic nitrogens is 1. The lowest BCUT2D eigenvalue weighted by molar-refractivity contribution is 0.300. The summed E-state index contributed by atoms with van der Waals surface area (Å²) in [5.74, 6) is 0.0215. The molecule has 1 aromatic heterocycles. The van der Waals surface area contributed by atoms with Crippen molar-refractivity contribution in [3.8, 4) is 0 Å². The Morgan fingerprint density at radius 2 is 2.40 bits per heavy atom. The van der Waals surface area contributed by atoms with Gasteiger partial charge in [-0.05, 0) is 18.6 Å². The molecule has 0 saturated heterocycles. The van der Waals surface area contributed by atoms with Gasteiger partial charge in [-0.2, -0.15) is 0 Å². The predicted molar refractivity (Wildman–Crippen MR) is 62.4 cm³/mol. The molecule has 4 nitrogen and oxygen atoms in total. The minimum absolute atomic E-state index is 0.0215. The average Bonchev–Trinajstić information content (AvgIpc) is 2.17. The number of amidine groups is 1. The van der Waals surface area contributed by atoms with Crippen molar-refractivity contribution in [3.05, 3.63) is 23.4 Å². The maximum atomic E-state index is 8.96. The van der Waals surface area contributed by atoms with Crippen molar-refractivity contribution in [2.24, 2.45) is 5.73 Å². The number of nitrogens with zero attached hydrogens (tertiary/aromatic N) is 1. The summed E-state index contributed by atoms with van der Waals surface area (Å²) in [6, 6.07) is 1.82. The Morgan fingerprint density at radius 3 is 2.93 bits per heavy atom. The first-order valence-electron chi connectivity index (χ1n) is 4.63. The Hall–Kier alpha value is -1.07. The molecular formula is C10H15N3OS. The molecule has 1 aromatic rings. The smallest absolute Gasteiger partial charge is 0.125 e. The summed E-state index contributed by atoms with van der Waals surface area (Å²) >= 11 is 1.43. The summed E-state index contributed by atoms with van der Waals surface area (Å²) in [6.45, 7) is 3.88. The van der Waals surface area contributed by atoms with Crippen LogP contribution in [0.5, 0.6) is 0 Å². The van der Waals surface area contributed by atoms with Gasteiger partial charge in [0, 0.05) is 11.4 Å². The second kappa shape index (κ2) is 5.14. The standard InChI is InChI=1S/C10H15N3OS/c1-6-3-4-13-10(8(6)9(11)12)15-7(2)5-14/h3-4,7,14H,5H2,1-2H3,(H3,11,12). The van der Waals surface area contributed by atoms with Crippen LogP contribution < -0.4 is 5.73 Å². The molecule has 1 atom stereocenters. The minimum atomic E-state index is 0.0215. The van der Waals surface area contributed by atoms with Gasteiger partial charge < -0.3 is 10.8 Å². The first kappa shape index (κ1) is 12.0. The second-order valence-corrected chi connectivity index (χ2v) is 4.76. The highest BCUT2D eigenvalue weighted by Gasteiger charge is 2.13. The van der Waals surface area contributed by atoms with Gasteiger partial charge in [0.05, 0.1) is 12.2 Å². The highest BCUT2D eigenvalue weighted by Crippen LogP contribution is 2.25. The zero-order valence-corrected chi connectivity index (χ0v) is 9.64. The molecule has 0 amide bonds. The number of nitrogens with one attached hydrogen (secondary N) is 1. The third-order valence-corrected chi connectivity index (χ3v) is 3.05. The maximum absolute atomic E-state index is 8.96. The molecule has 5 heteroatoms. The van der Waals surface area contributed by atoms with E-state index in [2.05, 4.69) is 4.98 Å².